The fourth-order valence-corrected chi connectivity index (χ4v) is 2.39. The van der Waals surface area contributed by atoms with Gasteiger partial charge in [-0.1, -0.05) is 30.3 Å². The number of ether oxygens (including phenoxy) is 1. The molecule has 2 amide bonds. The summed E-state index contributed by atoms with van der Waals surface area (Å²) in [7, 11) is 0. The fourth-order valence-electron chi connectivity index (χ4n) is 2.39. The predicted molar refractivity (Wildman–Crippen MR) is 82.8 cm³/mol. The van der Waals surface area contributed by atoms with E-state index in [1.807, 2.05) is 59.5 Å². The first kappa shape index (κ1) is 13.5. The van der Waals surface area contributed by atoms with E-state index in [2.05, 4.69) is 5.32 Å². The molecule has 1 N–H and O–H groups in total. The van der Waals surface area contributed by atoms with Gasteiger partial charge in [-0.2, -0.15) is 0 Å². The van der Waals surface area contributed by atoms with Gasteiger partial charge in [0.05, 0.1) is 5.69 Å². The number of para-hydroxylation sites is 3. The van der Waals surface area contributed by atoms with Crippen molar-refractivity contribution >= 4 is 11.7 Å². The molecule has 0 spiro atoms. The second kappa shape index (κ2) is 6.31. The van der Waals surface area contributed by atoms with Crippen LogP contribution < -0.4 is 10.1 Å². The molecule has 0 saturated carbocycles. The van der Waals surface area contributed by atoms with Crippen molar-refractivity contribution in [2.24, 2.45) is 0 Å². The molecule has 1 fully saturated rings. The summed E-state index contributed by atoms with van der Waals surface area (Å²) in [4.78, 5) is 14.0. The molecule has 3 rings (SSSR count). The zero-order chi connectivity index (χ0) is 14.5. The fraction of sp³-hybridized carbons (Fsp3) is 0.235. The van der Waals surface area contributed by atoms with Crippen LogP contribution in [0.4, 0.5) is 10.5 Å². The standard InChI is InChI=1S/C17H18N2O2/c20-17(19-12-6-7-13-19)18-15-10-4-5-11-16(15)21-14-8-2-1-3-9-14/h1-5,8-11H,6-7,12-13H2,(H,18,20). The van der Waals surface area contributed by atoms with E-state index < -0.39 is 0 Å². The number of nitrogens with zero attached hydrogens (tertiary/aromatic N) is 1. The van der Waals surface area contributed by atoms with Crippen LogP contribution in [0.3, 0.4) is 0 Å². The number of hydrogen-bond donors (Lipinski definition) is 1. The molecule has 4 heteroatoms. The molecule has 108 valence electrons. The van der Waals surface area contributed by atoms with Gasteiger partial charge < -0.3 is 15.0 Å². The number of amides is 2. The van der Waals surface area contributed by atoms with E-state index in [1.165, 1.54) is 0 Å². The maximum absolute atomic E-state index is 12.2. The van der Waals surface area contributed by atoms with Crippen LogP contribution >= 0.6 is 0 Å². The third-order valence-corrected chi connectivity index (χ3v) is 3.49. The van der Waals surface area contributed by atoms with Gasteiger partial charge in [0, 0.05) is 13.1 Å². The summed E-state index contributed by atoms with van der Waals surface area (Å²) in [6, 6.07) is 17.0. The summed E-state index contributed by atoms with van der Waals surface area (Å²) >= 11 is 0. The van der Waals surface area contributed by atoms with E-state index in [4.69, 9.17) is 4.74 Å². The molecular formula is C17H18N2O2. The number of carbonyl (C=O) groups excluding carboxylic acids is 1. The smallest absolute Gasteiger partial charge is 0.321 e. The Hall–Kier alpha value is -2.49. The van der Waals surface area contributed by atoms with Gasteiger partial charge in [-0.3, -0.25) is 0 Å². The Kier molecular flexibility index (Phi) is 4.05. The summed E-state index contributed by atoms with van der Waals surface area (Å²) in [6.07, 6.45) is 2.16. The van der Waals surface area contributed by atoms with E-state index >= 15 is 0 Å². The van der Waals surface area contributed by atoms with E-state index in [0.29, 0.717) is 11.4 Å². The number of nitrogens with one attached hydrogen (secondary N) is 1. The van der Waals surface area contributed by atoms with Gasteiger partial charge in [0.25, 0.3) is 0 Å². The summed E-state index contributed by atoms with van der Waals surface area (Å²) in [6.45, 7) is 1.65. The SMILES string of the molecule is O=C(Nc1ccccc1Oc1ccccc1)N1CCCC1. The molecule has 21 heavy (non-hydrogen) atoms. The van der Waals surface area contributed by atoms with Crippen LogP contribution in [-0.4, -0.2) is 24.0 Å². The Morgan fingerprint density at radius 2 is 1.62 bits per heavy atom. The molecule has 1 aliphatic heterocycles. The summed E-state index contributed by atoms with van der Waals surface area (Å²) in [5.41, 5.74) is 0.693. The number of carbonyl (C=O) groups is 1. The van der Waals surface area contributed by atoms with Crippen LogP contribution in [0.1, 0.15) is 12.8 Å². The Bertz CT molecular complexity index is 607. The lowest BCUT2D eigenvalue weighted by molar-refractivity contribution is 0.222. The number of hydrogen-bond acceptors (Lipinski definition) is 2. The Morgan fingerprint density at radius 3 is 2.38 bits per heavy atom. The van der Waals surface area contributed by atoms with Crippen molar-refractivity contribution in [2.45, 2.75) is 12.8 Å². The lowest BCUT2D eigenvalue weighted by Crippen LogP contribution is -2.32. The number of likely N-dealkylation sites (tertiary alicyclic amines) is 1. The monoisotopic (exact) mass is 282 g/mol. The van der Waals surface area contributed by atoms with E-state index in [1.54, 1.807) is 0 Å². The maximum Gasteiger partial charge on any atom is 0.321 e. The van der Waals surface area contributed by atoms with Gasteiger partial charge in [0.1, 0.15) is 5.75 Å². The van der Waals surface area contributed by atoms with Crippen LogP contribution in [0.2, 0.25) is 0 Å². The van der Waals surface area contributed by atoms with Crippen LogP contribution in [0, 0.1) is 0 Å². The van der Waals surface area contributed by atoms with Crippen molar-refractivity contribution in [1.29, 1.82) is 0 Å². The first-order valence-electron chi connectivity index (χ1n) is 7.21. The van der Waals surface area contributed by atoms with Crippen molar-refractivity contribution in [3.63, 3.8) is 0 Å². The quantitative estimate of drug-likeness (QED) is 0.920. The molecule has 1 saturated heterocycles. The first-order valence-corrected chi connectivity index (χ1v) is 7.21. The normalized spacial score (nSPS) is 14.0. The highest BCUT2D eigenvalue weighted by molar-refractivity contribution is 5.91. The number of urea groups is 1. The average molecular weight is 282 g/mol. The van der Waals surface area contributed by atoms with Gasteiger partial charge in [0.2, 0.25) is 0 Å². The van der Waals surface area contributed by atoms with Crippen molar-refractivity contribution in [3.8, 4) is 11.5 Å². The summed E-state index contributed by atoms with van der Waals surface area (Å²) in [5, 5.41) is 2.93. The van der Waals surface area contributed by atoms with Crippen LogP contribution in [0.15, 0.2) is 54.6 Å². The minimum Gasteiger partial charge on any atom is -0.455 e. The second-order valence-electron chi connectivity index (χ2n) is 5.04. The van der Waals surface area contributed by atoms with Gasteiger partial charge >= 0.3 is 6.03 Å². The lowest BCUT2D eigenvalue weighted by atomic mass is 10.3. The van der Waals surface area contributed by atoms with Crippen LogP contribution in [0.5, 0.6) is 11.5 Å². The summed E-state index contributed by atoms with van der Waals surface area (Å²) < 4.78 is 5.84. The van der Waals surface area contributed by atoms with Gasteiger partial charge in [-0.05, 0) is 37.1 Å². The maximum atomic E-state index is 12.2. The van der Waals surface area contributed by atoms with Gasteiger partial charge in [0.15, 0.2) is 5.75 Å². The molecule has 0 atom stereocenters. The van der Waals surface area contributed by atoms with E-state index in [9.17, 15) is 4.79 Å². The number of benzene rings is 2. The molecule has 1 aliphatic rings. The summed E-state index contributed by atoms with van der Waals surface area (Å²) in [5.74, 6) is 1.40. The van der Waals surface area contributed by atoms with Crippen molar-refractivity contribution in [3.05, 3.63) is 54.6 Å². The van der Waals surface area contributed by atoms with Crippen molar-refractivity contribution in [1.82, 2.24) is 4.90 Å². The molecule has 4 nitrogen and oxygen atoms in total. The van der Waals surface area contributed by atoms with Gasteiger partial charge in [-0.15, -0.1) is 0 Å². The highest BCUT2D eigenvalue weighted by Gasteiger charge is 2.18. The molecule has 0 bridgehead atoms. The molecule has 2 aromatic carbocycles. The van der Waals surface area contributed by atoms with E-state index in [-0.39, 0.29) is 6.03 Å². The first-order chi connectivity index (χ1) is 10.3. The Balaban J connectivity index is 1.74. The highest BCUT2D eigenvalue weighted by Crippen LogP contribution is 2.29. The zero-order valence-corrected chi connectivity index (χ0v) is 11.8. The largest absolute Gasteiger partial charge is 0.455 e. The molecule has 0 unspecified atom stereocenters. The highest BCUT2D eigenvalue weighted by atomic mass is 16.5. The number of anilines is 1. The average Bonchev–Trinajstić information content (AvgIpc) is 3.05. The van der Waals surface area contributed by atoms with Crippen LogP contribution in [0.25, 0.3) is 0 Å². The van der Waals surface area contributed by atoms with Gasteiger partial charge in [-0.25, -0.2) is 4.79 Å². The Labute approximate surface area is 124 Å². The Morgan fingerprint density at radius 1 is 0.952 bits per heavy atom. The molecule has 2 aromatic rings. The molecule has 1 heterocycles. The third-order valence-electron chi connectivity index (χ3n) is 3.49. The topological polar surface area (TPSA) is 41.6 Å². The molecule has 0 aliphatic carbocycles. The van der Waals surface area contributed by atoms with Crippen molar-refractivity contribution < 1.29 is 9.53 Å². The zero-order valence-electron chi connectivity index (χ0n) is 11.8. The second-order valence-corrected chi connectivity index (χ2v) is 5.04. The lowest BCUT2D eigenvalue weighted by Gasteiger charge is -2.18. The third kappa shape index (κ3) is 3.34. The predicted octanol–water partition coefficient (Wildman–Crippen LogP) is 4.11. The van der Waals surface area contributed by atoms with Crippen molar-refractivity contribution in [2.75, 3.05) is 18.4 Å². The minimum atomic E-state index is -0.0587. The molecule has 0 aromatic heterocycles. The van der Waals surface area contributed by atoms with Crippen LogP contribution in [-0.2, 0) is 0 Å². The molecule has 0 radical (unpaired) electrons. The molecular weight excluding hydrogens is 264 g/mol. The number of rotatable bonds is 3. The minimum absolute atomic E-state index is 0.0587. The van der Waals surface area contributed by atoms with E-state index in [0.717, 1.165) is 31.7 Å².